The molecule has 33 heavy (non-hydrogen) atoms. The van der Waals surface area contributed by atoms with Gasteiger partial charge in [-0.2, -0.15) is 0 Å². The zero-order chi connectivity index (χ0) is 24.0. The van der Waals surface area contributed by atoms with Crippen molar-refractivity contribution in [2.45, 2.75) is 45.7 Å². The first kappa shape index (κ1) is 24.8. The molecule has 1 saturated heterocycles. The van der Waals surface area contributed by atoms with Crippen molar-refractivity contribution in [2.75, 3.05) is 20.2 Å². The van der Waals surface area contributed by atoms with Crippen molar-refractivity contribution in [1.82, 2.24) is 15.5 Å². The van der Waals surface area contributed by atoms with Gasteiger partial charge in [-0.25, -0.2) is 0 Å². The second-order valence-corrected chi connectivity index (χ2v) is 9.78. The lowest BCUT2D eigenvalue weighted by molar-refractivity contribution is -0.125. The van der Waals surface area contributed by atoms with E-state index >= 15 is 0 Å². The van der Waals surface area contributed by atoms with Gasteiger partial charge >= 0.3 is 0 Å². The van der Waals surface area contributed by atoms with Crippen molar-refractivity contribution >= 4 is 29.1 Å². The zero-order valence-electron chi connectivity index (χ0n) is 19.7. The Bertz CT molecular complexity index is 935. The molecule has 1 aliphatic heterocycles. The third kappa shape index (κ3) is 6.35. The Balaban J connectivity index is 1.70. The first-order chi connectivity index (χ1) is 15.8. The van der Waals surface area contributed by atoms with Crippen molar-refractivity contribution in [3.63, 3.8) is 0 Å². The highest BCUT2D eigenvalue weighted by Gasteiger charge is 2.35. The van der Waals surface area contributed by atoms with E-state index in [0.717, 1.165) is 4.88 Å². The molecule has 0 unspecified atom stereocenters. The van der Waals surface area contributed by atoms with Gasteiger partial charge in [0.25, 0.3) is 11.8 Å². The van der Waals surface area contributed by atoms with Crippen molar-refractivity contribution in [2.24, 2.45) is 11.8 Å². The monoisotopic (exact) mass is 471 g/mol. The van der Waals surface area contributed by atoms with Crippen LogP contribution in [-0.2, 0) is 4.79 Å². The highest BCUT2D eigenvalue weighted by atomic mass is 32.1. The maximum Gasteiger partial charge on any atom is 0.263 e. The van der Waals surface area contributed by atoms with Crippen LogP contribution in [0.4, 0.5) is 0 Å². The van der Waals surface area contributed by atoms with Gasteiger partial charge in [0.15, 0.2) is 0 Å². The Morgan fingerprint density at radius 2 is 1.70 bits per heavy atom. The predicted octanol–water partition coefficient (Wildman–Crippen LogP) is 3.57. The Hall–Kier alpha value is -2.87. The van der Waals surface area contributed by atoms with Crippen LogP contribution in [0.2, 0.25) is 0 Å². The quantitative estimate of drug-likeness (QED) is 0.616. The highest BCUT2D eigenvalue weighted by molar-refractivity contribution is 7.12. The number of carbonyl (C=O) groups excluding carboxylic acids is 3. The summed E-state index contributed by atoms with van der Waals surface area (Å²) in [5.41, 5.74) is 0.468. The summed E-state index contributed by atoms with van der Waals surface area (Å²) < 4.78 is 5.16. The number of likely N-dealkylation sites (tertiary alicyclic amines) is 1. The van der Waals surface area contributed by atoms with Crippen LogP contribution >= 0.6 is 11.3 Å². The predicted molar refractivity (Wildman–Crippen MR) is 130 cm³/mol. The summed E-state index contributed by atoms with van der Waals surface area (Å²) in [5, 5.41) is 7.91. The lowest BCUT2D eigenvalue weighted by atomic mass is 9.88. The summed E-state index contributed by atoms with van der Waals surface area (Å²) in [6.07, 6.45) is 1.29. The SMILES string of the molecule is COc1ccc(C(=O)N[C@H](C(=O)N[C@@H](C)C(C)C)C2CCN(C(=O)c3cccs3)CC2)cc1. The maximum absolute atomic E-state index is 13.2. The first-order valence-corrected chi connectivity index (χ1v) is 12.3. The van der Waals surface area contributed by atoms with Crippen molar-refractivity contribution in [3.05, 3.63) is 52.2 Å². The minimum absolute atomic E-state index is 0.0154. The fourth-order valence-electron chi connectivity index (χ4n) is 3.84. The van der Waals surface area contributed by atoms with Gasteiger partial charge in [-0.15, -0.1) is 11.3 Å². The van der Waals surface area contributed by atoms with E-state index in [2.05, 4.69) is 10.6 Å². The van der Waals surface area contributed by atoms with Crippen LogP contribution in [0.5, 0.6) is 5.75 Å². The van der Waals surface area contributed by atoms with Gasteiger partial charge in [0.05, 0.1) is 12.0 Å². The summed E-state index contributed by atoms with van der Waals surface area (Å²) in [5.74, 6) is 0.429. The van der Waals surface area contributed by atoms with E-state index in [1.165, 1.54) is 11.3 Å². The number of carbonyl (C=O) groups is 3. The second kappa shape index (κ2) is 11.3. The smallest absolute Gasteiger partial charge is 0.263 e. The third-order valence-corrected chi connectivity index (χ3v) is 7.18. The number of hydrogen-bond acceptors (Lipinski definition) is 5. The molecular weight excluding hydrogens is 438 g/mol. The average Bonchev–Trinajstić information content (AvgIpc) is 3.37. The van der Waals surface area contributed by atoms with E-state index in [1.807, 2.05) is 43.2 Å². The summed E-state index contributed by atoms with van der Waals surface area (Å²) in [7, 11) is 1.57. The van der Waals surface area contributed by atoms with Crippen LogP contribution in [0.3, 0.4) is 0 Å². The molecule has 0 bridgehead atoms. The molecule has 2 atom stereocenters. The maximum atomic E-state index is 13.2. The number of thiophene rings is 1. The number of piperidine rings is 1. The topological polar surface area (TPSA) is 87.7 Å². The van der Waals surface area contributed by atoms with Crippen molar-refractivity contribution in [1.29, 1.82) is 0 Å². The third-order valence-electron chi connectivity index (χ3n) is 6.32. The molecule has 0 aliphatic carbocycles. The minimum Gasteiger partial charge on any atom is -0.497 e. The van der Waals surface area contributed by atoms with E-state index in [-0.39, 0.29) is 35.6 Å². The van der Waals surface area contributed by atoms with Crippen LogP contribution < -0.4 is 15.4 Å². The molecule has 3 amide bonds. The van der Waals surface area contributed by atoms with Crippen LogP contribution in [0.1, 0.15) is 53.6 Å². The van der Waals surface area contributed by atoms with Gasteiger partial charge in [0.1, 0.15) is 11.8 Å². The Kier molecular flexibility index (Phi) is 8.49. The minimum atomic E-state index is -0.667. The first-order valence-electron chi connectivity index (χ1n) is 11.4. The number of nitrogens with one attached hydrogen (secondary N) is 2. The van der Waals surface area contributed by atoms with Crippen molar-refractivity contribution < 1.29 is 19.1 Å². The number of ether oxygens (including phenoxy) is 1. The number of benzene rings is 1. The highest BCUT2D eigenvalue weighted by Crippen LogP contribution is 2.24. The summed E-state index contributed by atoms with van der Waals surface area (Å²) in [4.78, 5) is 41.4. The number of rotatable bonds is 8. The molecule has 1 fully saturated rings. The molecule has 2 N–H and O–H groups in total. The number of methoxy groups -OCH3 is 1. The Morgan fingerprint density at radius 3 is 2.24 bits per heavy atom. The molecule has 2 aromatic rings. The van der Waals surface area contributed by atoms with Gasteiger partial charge in [-0.05, 0) is 67.3 Å². The molecule has 0 spiro atoms. The van der Waals surface area contributed by atoms with Crippen LogP contribution in [0.25, 0.3) is 0 Å². The average molecular weight is 472 g/mol. The van der Waals surface area contributed by atoms with Crippen LogP contribution in [0.15, 0.2) is 41.8 Å². The van der Waals surface area contributed by atoms with Crippen molar-refractivity contribution in [3.8, 4) is 5.75 Å². The normalized spacial score (nSPS) is 16.2. The molecule has 1 aliphatic rings. The van der Waals surface area contributed by atoms with Crippen LogP contribution in [0, 0.1) is 11.8 Å². The summed E-state index contributed by atoms with van der Waals surface area (Å²) >= 11 is 1.43. The number of hydrogen-bond donors (Lipinski definition) is 2. The molecule has 0 radical (unpaired) electrons. The van der Waals surface area contributed by atoms with Gasteiger partial charge in [0, 0.05) is 24.7 Å². The molecule has 178 valence electrons. The van der Waals surface area contributed by atoms with E-state index in [4.69, 9.17) is 4.74 Å². The van der Waals surface area contributed by atoms with E-state index in [0.29, 0.717) is 37.2 Å². The largest absolute Gasteiger partial charge is 0.497 e. The molecule has 3 rings (SSSR count). The summed E-state index contributed by atoms with van der Waals surface area (Å²) in [6, 6.07) is 9.83. The van der Waals surface area contributed by atoms with Crippen LogP contribution in [-0.4, -0.2) is 54.9 Å². The standard InChI is InChI=1S/C25H33N3O4S/c1-16(2)17(3)26-24(30)22(27-23(29)19-7-9-20(32-4)10-8-19)18-11-13-28(14-12-18)25(31)21-6-5-15-33-21/h5-10,15-18,22H,11-14H2,1-4H3,(H,26,30)(H,27,29)/t17-,22-/m0/s1. The molecular formula is C25H33N3O4S. The zero-order valence-corrected chi connectivity index (χ0v) is 20.5. The fraction of sp³-hybridized carbons (Fsp3) is 0.480. The molecule has 8 heteroatoms. The van der Waals surface area contributed by atoms with Gasteiger partial charge in [-0.1, -0.05) is 19.9 Å². The number of amides is 3. The molecule has 1 aromatic carbocycles. The Labute approximate surface area is 199 Å². The lowest BCUT2D eigenvalue weighted by Gasteiger charge is -2.36. The van der Waals surface area contributed by atoms with Gasteiger partial charge in [-0.3, -0.25) is 14.4 Å². The molecule has 0 saturated carbocycles. The summed E-state index contributed by atoms with van der Waals surface area (Å²) in [6.45, 7) is 7.18. The van der Waals surface area contributed by atoms with E-state index in [9.17, 15) is 14.4 Å². The van der Waals surface area contributed by atoms with E-state index < -0.39 is 6.04 Å². The molecule has 7 nitrogen and oxygen atoms in total. The van der Waals surface area contributed by atoms with Gasteiger partial charge in [0.2, 0.25) is 5.91 Å². The number of nitrogens with zero attached hydrogens (tertiary/aromatic N) is 1. The second-order valence-electron chi connectivity index (χ2n) is 8.83. The molecule has 2 heterocycles. The fourth-order valence-corrected chi connectivity index (χ4v) is 4.53. The van der Waals surface area contributed by atoms with Gasteiger partial charge < -0.3 is 20.3 Å². The lowest BCUT2D eigenvalue weighted by Crippen LogP contribution is -2.55. The Morgan fingerprint density at radius 1 is 1.03 bits per heavy atom. The van der Waals surface area contributed by atoms with E-state index in [1.54, 1.807) is 31.4 Å². The molecule has 1 aromatic heterocycles.